The molecule has 110 valence electrons. The van der Waals surface area contributed by atoms with E-state index in [2.05, 4.69) is 13.8 Å². The Bertz CT molecular complexity index is 274. The number of unbranched alkanes of at least 4 members (excludes halogenated alkanes) is 1. The molecule has 0 aromatic heterocycles. The molecule has 1 atom stereocenters. The van der Waals surface area contributed by atoms with Gasteiger partial charge in [0.05, 0.1) is 25.5 Å². The zero-order chi connectivity index (χ0) is 14.5. The van der Waals surface area contributed by atoms with Crippen LogP contribution < -0.4 is 0 Å². The molecule has 0 spiro atoms. The number of amides is 1. The maximum absolute atomic E-state index is 11.7. The maximum atomic E-state index is 11.7. The summed E-state index contributed by atoms with van der Waals surface area (Å²) in [6.45, 7) is 6.13. The molecular formula is C15H28N2O2. The third-order valence-electron chi connectivity index (χ3n) is 3.34. The molecule has 0 saturated heterocycles. The second kappa shape index (κ2) is 12.0. The van der Waals surface area contributed by atoms with Crippen LogP contribution in [0, 0.1) is 17.2 Å². The van der Waals surface area contributed by atoms with E-state index in [-0.39, 0.29) is 5.91 Å². The fraction of sp³-hybridized carbons (Fsp3) is 0.867. The van der Waals surface area contributed by atoms with Gasteiger partial charge in [0.25, 0.3) is 0 Å². The van der Waals surface area contributed by atoms with Gasteiger partial charge >= 0.3 is 0 Å². The SMILES string of the molecule is CCCCC(CC)COCCC(=O)N(C)CCC#N. The topological polar surface area (TPSA) is 53.3 Å². The minimum atomic E-state index is 0.0526. The first-order chi connectivity index (χ1) is 9.15. The zero-order valence-electron chi connectivity index (χ0n) is 12.7. The molecule has 0 saturated carbocycles. The number of hydrogen-bond acceptors (Lipinski definition) is 3. The summed E-state index contributed by atoms with van der Waals surface area (Å²) >= 11 is 0. The average molecular weight is 268 g/mol. The van der Waals surface area contributed by atoms with Crippen LogP contribution in [0.1, 0.15) is 52.4 Å². The first-order valence-corrected chi connectivity index (χ1v) is 7.34. The lowest BCUT2D eigenvalue weighted by Gasteiger charge is -2.17. The highest BCUT2D eigenvalue weighted by Crippen LogP contribution is 2.12. The van der Waals surface area contributed by atoms with Crippen molar-refractivity contribution in [3.63, 3.8) is 0 Å². The quantitative estimate of drug-likeness (QED) is 0.541. The van der Waals surface area contributed by atoms with Crippen LogP contribution in [0.4, 0.5) is 0 Å². The molecule has 0 aliphatic carbocycles. The van der Waals surface area contributed by atoms with Gasteiger partial charge < -0.3 is 9.64 Å². The van der Waals surface area contributed by atoms with Crippen molar-refractivity contribution < 1.29 is 9.53 Å². The molecule has 0 heterocycles. The molecule has 0 N–H and O–H groups in total. The third-order valence-corrected chi connectivity index (χ3v) is 3.34. The van der Waals surface area contributed by atoms with Gasteiger partial charge in [-0.25, -0.2) is 0 Å². The minimum absolute atomic E-state index is 0.0526. The van der Waals surface area contributed by atoms with Crippen molar-refractivity contribution in [1.82, 2.24) is 4.90 Å². The molecular weight excluding hydrogens is 240 g/mol. The fourth-order valence-electron chi connectivity index (χ4n) is 1.84. The summed E-state index contributed by atoms with van der Waals surface area (Å²) in [4.78, 5) is 13.3. The highest BCUT2D eigenvalue weighted by atomic mass is 16.5. The van der Waals surface area contributed by atoms with Crippen molar-refractivity contribution in [2.75, 3.05) is 26.8 Å². The maximum Gasteiger partial charge on any atom is 0.224 e. The molecule has 0 aliphatic heterocycles. The normalized spacial score (nSPS) is 11.9. The van der Waals surface area contributed by atoms with Crippen LogP contribution in [0.25, 0.3) is 0 Å². The Morgan fingerprint density at radius 2 is 2.16 bits per heavy atom. The third kappa shape index (κ3) is 9.49. The van der Waals surface area contributed by atoms with Crippen molar-refractivity contribution >= 4 is 5.91 Å². The van der Waals surface area contributed by atoms with E-state index in [0.29, 0.717) is 31.9 Å². The van der Waals surface area contributed by atoms with E-state index >= 15 is 0 Å². The number of carbonyl (C=O) groups is 1. The summed E-state index contributed by atoms with van der Waals surface area (Å²) in [5.41, 5.74) is 0. The Balaban J connectivity index is 3.66. The molecule has 1 unspecified atom stereocenters. The fourth-order valence-corrected chi connectivity index (χ4v) is 1.84. The van der Waals surface area contributed by atoms with Crippen molar-refractivity contribution in [2.24, 2.45) is 5.92 Å². The molecule has 0 aromatic rings. The molecule has 4 nitrogen and oxygen atoms in total. The van der Waals surface area contributed by atoms with Crippen LogP contribution in [0.3, 0.4) is 0 Å². The van der Waals surface area contributed by atoms with E-state index in [1.54, 1.807) is 11.9 Å². The molecule has 19 heavy (non-hydrogen) atoms. The number of ether oxygens (including phenoxy) is 1. The largest absolute Gasteiger partial charge is 0.381 e. The van der Waals surface area contributed by atoms with E-state index in [0.717, 1.165) is 13.0 Å². The first-order valence-electron chi connectivity index (χ1n) is 7.34. The monoisotopic (exact) mass is 268 g/mol. The summed E-state index contributed by atoms with van der Waals surface area (Å²) in [5, 5.41) is 8.46. The van der Waals surface area contributed by atoms with Crippen molar-refractivity contribution in [3.05, 3.63) is 0 Å². The van der Waals surface area contributed by atoms with E-state index < -0.39 is 0 Å². The van der Waals surface area contributed by atoms with Gasteiger partial charge in [-0.15, -0.1) is 0 Å². The van der Waals surface area contributed by atoms with Gasteiger partial charge in [0.15, 0.2) is 0 Å². The number of rotatable bonds is 11. The molecule has 0 rings (SSSR count). The predicted octanol–water partition coefficient (Wildman–Crippen LogP) is 2.98. The van der Waals surface area contributed by atoms with Crippen molar-refractivity contribution in [1.29, 1.82) is 5.26 Å². The number of nitrogens with zero attached hydrogens (tertiary/aromatic N) is 2. The van der Waals surface area contributed by atoms with E-state index in [9.17, 15) is 4.79 Å². The Morgan fingerprint density at radius 1 is 1.42 bits per heavy atom. The smallest absolute Gasteiger partial charge is 0.224 e. The molecule has 0 aromatic carbocycles. The molecule has 0 radical (unpaired) electrons. The molecule has 0 aliphatic rings. The van der Waals surface area contributed by atoms with Gasteiger partial charge in [0.2, 0.25) is 5.91 Å². The summed E-state index contributed by atoms with van der Waals surface area (Å²) in [7, 11) is 1.73. The lowest BCUT2D eigenvalue weighted by atomic mass is 10.0. The van der Waals surface area contributed by atoms with Gasteiger partial charge in [-0.1, -0.05) is 33.1 Å². The first kappa shape index (κ1) is 17.9. The van der Waals surface area contributed by atoms with Crippen molar-refractivity contribution in [3.8, 4) is 6.07 Å². The van der Waals surface area contributed by atoms with Crippen LogP contribution in [0.2, 0.25) is 0 Å². The van der Waals surface area contributed by atoms with E-state index in [1.807, 2.05) is 6.07 Å². The molecule has 1 amide bonds. The van der Waals surface area contributed by atoms with Crippen LogP contribution in [0.15, 0.2) is 0 Å². The number of nitriles is 1. The zero-order valence-corrected chi connectivity index (χ0v) is 12.7. The second-order valence-corrected chi connectivity index (χ2v) is 4.96. The van der Waals surface area contributed by atoms with E-state index in [4.69, 9.17) is 10.00 Å². The lowest BCUT2D eigenvalue weighted by molar-refractivity contribution is -0.131. The van der Waals surface area contributed by atoms with Crippen LogP contribution >= 0.6 is 0 Å². The minimum Gasteiger partial charge on any atom is -0.381 e. The molecule has 0 bridgehead atoms. The average Bonchev–Trinajstić information content (AvgIpc) is 2.43. The summed E-state index contributed by atoms with van der Waals surface area (Å²) in [6, 6.07) is 2.04. The highest BCUT2D eigenvalue weighted by molar-refractivity contribution is 5.75. The summed E-state index contributed by atoms with van der Waals surface area (Å²) < 4.78 is 5.60. The number of carbonyl (C=O) groups excluding carboxylic acids is 1. The Morgan fingerprint density at radius 3 is 2.74 bits per heavy atom. The van der Waals surface area contributed by atoms with Crippen LogP contribution in [0.5, 0.6) is 0 Å². The van der Waals surface area contributed by atoms with Crippen LogP contribution in [-0.4, -0.2) is 37.6 Å². The summed E-state index contributed by atoms with van der Waals surface area (Å²) in [5.74, 6) is 0.670. The van der Waals surface area contributed by atoms with Gasteiger partial charge in [-0.2, -0.15) is 5.26 Å². The van der Waals surface area contributed by atoms with Crippen molar-refractivity contribution in [2.45, 2.75) is 52.4 Å². The van der Waals surface area contributed by atoms with Gasteiger partial charge in [0, 0.05) is 20.2 Å². The van der Waals surface area contributed by atoms with Gasteiger partial charge in [0.1, 0.15) is 0 Å². The Hall–Kier alpha value is -1.08. The van der Waals surface area contributed by atoms with E-state index in [1.165, 1.54) is 19.3 Å². The van der Waals surface area contributed by atoms with Crippen LogP contribution in [-0.2, 0) is 9.53 Å². The second-order valence-electron chi connectivity index (χ2n) is 4.96. The molecule has 0 fully saturated rings. The summed E-state index contributed by atoms with van der Waals surface area (Å²) in [6.07, 6.45) is 5.61. The standard InChI is InChI=1S/C15H28N2O2/c1-4-6-8-14(5-2)13-19-12-9-15(18)17(3)11-7-10-16/h14H,4-9,11-13H2,1-3H3. The Labute approximate surface area is 117 Å². The highest BCUT2D eigenvalue weighted by Gasteiger charge is 2.09. The molecule has 4 heteroatoms. The lowest BCUT2D eigenvalue weighted by Crippen LogP contribution is -2.28. The van der Waals surface area contributed by atoms with Gasteiger partial charge in [-0.3, -0.25) is 4.79 Å². The Kier molecular flexibility index (Phi) is 11.3. The van der Waals surface area contributed by atoms with Gasteiger partial charge in [-0.05, 0) is 12.3 Å². The number of hydrogen-bond donors (Lipinski definition) is 0. The predicted molar refractivity (Wildman–Crippen MR) is 76.6 cm³/mol.